The number of carbonyl (C=O) groups excluding carboxylic acids is 1. The Labute approximate surface area is 207 Å². The molecule has 4 rings (SSSR count). The summed E-state index contributed by atoms with van der Waals surface area (Å²) in [5.74, 6) is 1.93. The maximum absolute atomic E-state index is 12.6. The Kier molecular flexibility index (Phi) is 7.72. The SMILES string of the molecule is COc1ccc(NC(=O)CSc2nnc(COc3ccccc3C)n2-c2ccccc2)cc1Cl. The van der Waals surface area contributed by atoms with E-state index in [0.717, 1.165) is 17.0 Å². The van der Waals surface area contributed by atoms with Crippen LogP contribution in [0.25, 0.3) is 5.69 Å². The van der Waals surface area contributed by atoms with E-state index in [4.69, 9.17) is 21.1 Å². The van der Waals surface area contributed by atoms with Crippen LogP contribution < -0.4 is 14.8 Å². The Morgan fingerprint density at radius 2 is 1.79 bits per heavy atom. The second-order valence-electron chi connectivity index (χ2n) is 7.31. The molecule has 0 saturated heterocycles. The molecule has 9 heteroatoms. The van der Waals surface area contributed by atoms with E-state index < -0.39 is 0 Å². The van der Waals surface area contributed by atoms with Crippen LogP contribution in [0.5, 0.6) is 11.5 Å². The lowest BCUT2D eigenvalue weighted by Gasteiger charge is -2.12. The Bertz CT molecular complexity index is 1280. The van der Waals surface area contributed by atoms with Crippen molar-refractivity contribution in [3.05, 3.63) is 89.2 Å². The molecule has 0 fully saturated rings. The fourth-order valence-corrected chi connectivity index (χ4v) is 4.28. The van der Waals surface area contributed by atoms with E-state index in [1.54, 1.807) is 25.3 Å². The smallest absolute Gasteiger partial charge is 0.234 e. The molecule has 1 heterocycles. The number of nitrogens with one attached hydrogen (secondary N) is 1. The molecule has 0 radical (unpaired) electrons. The molecule has 0 atom stereocenters. The van der Waals surface area contributed by atoms with Gasteiger partial charge in [0.05, 0.1) is 17.9 Å². The zero-order chi connectivity index (χ0) is 23.9. The van der Waals surface area contributed by atoms with Crippen molar-refractivity contribution in [2.75, 3.05) is 18.2 Å². The molecule has 1 amide bonds. The minimum atomic E-state index is -0.188. The Morgan fingerprint density at radius 3 is 2.53 bits per heavy atom. The van der Waals surface area contributed by atoms with Gasteiger partial charge in [0.2, 0.25) is 5.91 Å². The molecule has 0 bridgehead atoms. The van der Waals surface area contributed by atoms with Gasteiger partial charge in [-0.05, 0) is 48.9 Å². The second-order valence-corrected chi connectivity index (χ2v) is 8.66. The number of anilines is 1. The summed E-state index contributed by atoms with van der Waals surface area (Å²) in [6.07, 6.45) is 0. The standard InChI is InChI=1S/C25H23ClN4O3S/c1-17-8-6-7-11-21(17)33-15-23-28-29-25(30(23)19-9-4-3-5-10-19)34-16-24(31)27-18-12-13-22(32-2)20(26)14-18/h3-14H,15-16H2,1-2H3,(H,27,31). The zero-order valence-electron chi connectivity index (χ0n) is 18.7. The number of aromatic nitrogens is 3. The third-order valence-electron chi connectivity index (χ3n) is 4.93. The second kappa shape index (κ2) is 11.1. The first-order chi connectivity index (χ1) is 16.5. The Balaban J connectivity index is 1.48. The summed E-state index contributed by atoms with van der Waals surface area (Å²) < 4.78 is 13.0. The fraction of sp³-hybridized carbons (Fsp3) is 0.160. The Hall–Kier alpha value is -3.49. The van der Waals surface area contributed by atoms with Gasteiger partial charge < -0.3 is 14.8 Å². The lowest BCUT2D eigenvalue weighted by atomic mass is 10.2. The van der Waals surface area contributed by atoms with Crippen molar-refractivity contribution in [2.24, 2.45) is 0 Å². The van der Waals surface area contributed by atoms with Gasteiger partial charge in [0.15, 0.2) is 11.0 Å². The van der Waals surface area contributed by atoms with Crippen LogP contribution in [-0.4, -0.2) is 33.5 Å². The summed E-state index contributed by atoms with van der Waals surface area (Å²) in [5.41, 5.74) is 2.52. The number of ether oxygens (including phenoxy) is 2. The number of methoxy groups -OCH3 is 1. The van der Waals surface area contributed by atoms with E-state index in [-0.39, 0.29) is 18.3 Å². The minimum absolute atomic E-state index is 0.146. The van der Waals surface area contributed by atoms with Crippen LogP contribution in [0.4, 0.5) is 5.69 Å². The molecule has 7 nitrogen and oxygen atoms in total. The molecule has 174 valence electrons. The molecule has 0 aliphatic heterocycles. The third-order valence-corrected chi connectivity index (χ3v) is 6.16. The predicted molar refractivity (Wildman–Crippen MR) is 134 cm³/mol. The van der Waals surface area contributed by atoms with Gasteiger partial charge in [0.25, 0.3) is 0 Å². The number of amides is 1. The molecule has 0 unspecified atom stereocenters. The first kappa shape index (κ1) is 23.7. The van der Waals surface area contributed by atoms with Crippen molar-refractivity contribution in [3.8, 4) is 17.2 Å². The van der Waals surface area contributed by atoms with E-state index in [1.165, 1.54) is 11.8 Å². The van der Waals surface area contributed by atoms with Crippen molar-refractivity contribution in [3.63, 3.8) is 0 Å². The number of hydrogen-bond donors (Lipinski definition) is 1. The number of aryl methyl sites for hydroxylation is 1. The van der Waals surface area contributed by atoms with Gasteiger partial charge in [-0.3, -0.25) is 9.36 Å². The van der Waals surface area contributed by atoms with Gasteiger partial charge in [-0.25, -0.2) is 0 Å². The summed E-state index contributed by atoms with van der Waals surface area (Å²) in [7, 11) is 1.54. The minimum Gasteiger partial charge on any atom is -0.495 e. The molecule has 1 aromatic heterocycles. The van der Waals surface area contributed by atoms with Crippen molar-refractivity contribution < 1.29 is 14.3 Å². The molecule has 0 aliphatic rings. The zero-order valence-corrected chi connectivity index (χ0v) is 20.3. The van der Waals surface area contributed by atoms with Crippen LogP contribution in [0.3, 0.4) is 0 Å². The van der Waals surface area contributed by atoms with Gasteiger partial charge in [-0.15, -0.1) is 10.2 Å². The van der Waals surface area contributed by atoms with E-state index in [1.807, 2.05) is 66.1 Å². The number of carbonyl (C=O) groups is 1. The summed E-state index contributed by atoms with van der Waals surface area (Å²) in [6, 6.07) is 22.7. The molecule has 34 heavy (non-hydrogen) atoms. The summed E-state index contributed by atoms with van der Waals surface area (Å²) in [4.78, 5) is 12.6. The third kappa shape index (κ3) is 5.70. The van der Waals surface area contributed by atoms with Gasteiger partial charge >= 0.3 is 0 Å². The Morgan fingerprint density at radius 1 is 1.03 bits per heavy atom. The molecule has 1 N–H and O–H groups in total. The summed E-state index contributed by atoms with van der Waals surface area (Å²) in [5, 5.41) is 12.5. The van der Waals surface area contributed by atoms with Crippen LogP contribution in [-0.2, 0) is 11.4 Å². The number of rotatable bonds is 9. The van der Waals surface area contributed by atoms with Crippen LogP contribution >= 0.6 is 23.4 Å². The van der Waals surface area contributed by atoms with E-state index in [0.29, 0.717) is 27.4 Å². The number of halogens is 1. The average molecular weight is 495 g/mol. The van der Waals surface area contributed by atoms with E-state index >= 15 is 0 Å². The maximum atomic E-state index is 12.6. The molecule has 0 spiro atoms. The highest BCUT2D eigenvalue weighted by Gasteiger charge is 2.17. The van der Waals surface area contributed by atoms with Crippen molar-refractivity contribution in [2.45, 2.75) is 18.7 Å². The van der Waals surface area contributed by atoms with Gasteiger partial charge in [-0.2, -0.15) is 0 Å². The highest BCUT2D eigenvalue weighted by molar-refractivity contribution is 7.99. The first-order valence-corrected chi connectivity index (χ1v) is 11.9. The van der Waals surface area contributed by atoms with Crippen LogP contribution in [0, 0.1) is 6.92 Å². The lowest BCUT2D eigenvalue weighted by Crippen LogP contribution is -2.15. The highest BCUT2D eigenvalue weighted by atomic mass is 35.5. The average Bonchev–Trinajstić information content (AvgIpc) is 3.26. The number of thioether (sulfide) groups is 1. The van der Waals surface area contributed by atoms with Crippen molar-refractivity contribution >= 4 is 35.0 Å². The topological polar surface area (TPSA) is 78.3 Å². The van der Waals surface area contributed by atoms with Gasteiger partial charge in [0.1, 0.15) is 18.1 Å². The predicted octanol–water partition coefficient (Wildman–Crippen LogP) is 5.55. The number of nitrogens with zero attached hydrogens (tertiary/aromatic N) is 3. The number of para-hydroxylation sites is 2. The molecule has 0 saturated carbocycles. The van der Waals surface area contributed by atoms with Gasteiger partial charge in [-0.1, -0.05) is 59.8 Å². The van der Waals surface area contributed by atoms with Crippen molar-refractivity contribution in [1.82, 2.24) is 14.8 Å². The molecule has 4 aromatic rings. The van der Waals surface area contributed by atoms with Crippen LogP contribution in [0.15, 0.2) is 78.0 Å². The summed E-state index contributed by atoms with van der Waals surface area (Å²) in [6.45, 7) is 2.23. The molecular formula is C25H23ClN4O3S. The molecule has 3 aromatic carbocycles. The number of hydrogen-bond acceptors (Lipinski definition) is 6. The van der Waals surface area contributed by atoms with Gasteiger partial charge in [0, 0.05) is 11.4 Å². The normalized spacial score (nSPS) is 10.7. The fourth-order valence-electron chi connectivity index (χ4n) is 3.26. The van der Waals surface area contributed by atoms with Crippen LogP contribution in [0.1, 0.15) is 11.4 Å². The largest absolute Gasteiger partial charge is 0.495 e. The maximum Gasteiger partial charge on any atom is 0.234 e. The number of benzene rings is 3. The quantitative estimate of drug-likeness (QED) is 0.307. The monoisotopic (exact) mass is 494 g/mol. The van der Waals surface area contributed by atoms with Crippen molar-refractivity contribution in [1.29, 1.82) is 0 Å². The first-order valence-electron chi connectivity index (χ1n) is 10.5. The van der Waals surface area contributed by atoms with Crippen LogP contribution in [0.2, 0.25) is 5.02 Å². The summed E-state index contributed by atoms with van der Waals surface area (Å²) >= 11 is 7.44. The lowest BCUT2D eigenvalue weighted by molar-refractivity contribution is -0.113. The highest BCUT2D eigenvalue weighted by Crippen LogP contribution is 2.28. The molecule has 0 aliphatic carbocycles. The van der Waals surface area contributed by atoms with E-state index in [9.17, 15) is 4.79 Å². The molecular weight excluding hydrogens is 472 g/mol. The van der Waals surface area contributed by atoms with E-state index in [2.05, 4.69) is 15.5 Å².